The van der Waals surface area contributed by atoms with Crippen molar-refractivity contribution >= 4 is 9.84 Å². The first-order chi connectivity index (χ1) is 6.87. The van der Waals surface area contributed by atoms with E-state index < -0.39 is 15.4 Å². The zero-order chi connectivity index (χ0) is 11.5. The third kappa shape index (κ3) is 3.37. The number of nitrogens with zero attached hydrogens (tertiary/aromatic N) is 3. The molecule has 7 heteroatoms. The molecule has 6 nitrogen and oxygen atoms in total. The van der Waals surface area contributed by atoms with Crippen LogP contribution in [0.5, 0.6) is 0 Å². The number of rotatable bonds is 3. The fourth-order valence-electron chi connectivity index (χ4n) is 1.92. The van der Waals surface area contributed by atoms with Gasteiger partial charge >= 0.3 is 0 Å². The first kappa shape index (κ1) is 12.3. The topological polar surface area (TPSA) is 109 Å². The quantitative estimate of drug-likeness (QED) is 0.445. The molecule has 0 aromatic heterocycles. The van der Waals surface area contributed by atoms with E-state index in [0.717, 1.165) is 0 Å². The molecule has 0 saturated heterocycles. The summed E-state index contributed by atoms with van der Waals surface area (Å²) in [4.78, 5) is 2.67. The predicted octanol–water partition coefficient (Wildman–Crippen LogP) is 0.981. The zero-order valence-corrected chi connectivity index (χ0v) is 9.57. The Morgan fingerprint density at radius 3 is 2.47 bits per heavy atom. The van der Waals surface area contributed by atoms with Gasteiger partial charge in [-0.15, -0.1) is 0 Å². The van der Waals surface area contributed by atoms with Gasteiger partial charge in [-0.05, 0) is 31.2 Å². The molecule has 0 aliphatic heterocycles. The molecule has 15 heavy (non-hydrogen) atoms. The lowest BCUT2D eigenvalue weighted by Crippen LogP contribution is -2.48. The van der Waals surface area contributed by atoms with Crippen LogP contribution in [0.3, 0.4) is 0 Å². The van der Waals surface area contributed by atoms with E-state index in [9.17, 15) is 8.42 Å². The lowest BCUT2D eigenvalue weighted by molar-refractivity contribution is 0.305. The van der Waals surface area contributed by atoms with Gasteiger partial charge in [0.1, 0.15) is 9.84 Å². The van der Waals surface area contributed by atoms with Crippen LogP contribution >= 0.6 is 0 Å². The van der Waals surface area contributed by atoms with E-state index in [2.05, 4.69) is 10.0 Å². The maximum Gasteiger partial charge on any atom is 0.150 e. The molecule has 0 amide bonds. The van der Waals surface area contributed by atoms with E-state index in [0.29, 0.717) is 25.7 Å². The second-order valence-corrected chi connectivity index (χ2v) is 6.61. The third-order valence-corrected chi connectivity index (χ3v) is 4.67. The molecular formula is C8H16N4O2S. The Bertz CT molecular complexity index is 364. The number of azide groups is 1. The molecule has 0 bridgehead atoms. The Hall–Kier alpha value is -0.780. The van der Waals surface area contributed by atoms with Crippen LogP contribution in [0.2, 0.25) is 0 Å². The van der Waals surface area contributed by atoms with Gasteiger partial charge in [0, 0.05) is 23.3 Å². The zero-order valence-electron chi connectivity index (χ0n) is 8.76. The number of sulfone groups is 1. The minimum absolute atomic E-state index is 0.250. The summed E-state index contributed by atoms with van der Waals surface area (Å²) in [5.74, 6) is 0. The highest BCUT2D eigenvalue weighted by Crippen LogP contribution is 2.30. The molecule has 0 aromatic carbocycles. The van der Waals surface area contributed by atoms with E-state index in [4.69, 9.17) is 11.3 Å². The van der Waals surface area contributed by atoms with Crippen LogP contribution in [0, 0.1) is 0 Å². The van der Waals surface area contributed by atoms with Gasteiger partial charge in [-0.2, -0.15) is 0 Å². The number of nitrogens with two attached hydrogens (primary N) is 1. The van der Waals surface area contributed by atoms with Gasteiger partial charge in [-0.25, -0.2) is 8.42 Å². The van der Waals surface area contributed by atoms with Gasteiger partial charge in [0.15, 0.2) is 0 Å². The van der Waals surface area contributed by atoms with Crippen molar-refractivity contribution in [1.82, 2.24) is 0 Å². The van der Waals surface area contributed by atoms with E-state index in [1.807, 2.05) is 0 Å². The SMILES string of the molecule is CS(=O)(=O)C1CCC(N)(CN=[N+]=[N-])CC1. The van der Waals surface area contributed by atoms with Gasteiger partial charge in [-0.1, -0.05) is 5.11 Å². The van der Waals surface area contributed by atoms with Crippen molar-refractivity contribution in [3.63, 3.8) is 0 Å². The van der Waals surface area contributed by atoms with E-state index >= 15 is 0 Å². The summed E-state index contributed by atoms with van der Waals surface area (Å²) in [6, 6.07) is 0. The summed E-state index contributed by atoms with van der Waals surface area (Å²) in [5.41, 5.74) is 13.7. The van der Waals surface area contributed by atoms with Gasteiger partial charge in [0.05, 0.1) is 5.25 Å². The van der Waals surface area contributed by atoms with Gasteiger partial charge in [-0.3, -0.25) is 0 Å². The molecule has 1 fully saturated rings. The summed E-state index contributed by atoms with van der Waals surface area (Å²) in [7, 11) is -2.96. The first-order valence-corrected chi connectivity index (χ1v) is 6.81. The minimum Gasteiger partial charge on any atom is -0.325 e. The average Bonchev–Trinajstić information content (AvgIpc) is 2.14. The van der Waals surface area contributed by atoms with Crippen LogP contribution in [-0.4, -0.2) is 32.0 Å². The molecule has 0 heterocycles. The predicted molar refractivity (Wildman–Crippen MR) is 58.0 cm³/mol. The Balaban J connectivity index is 2.58. The second kappa shape index (κ2) is 4.38. The van der Waals surface area contributed by atoms with Crippen LogP contribution < -0.4 is 5.73 Å². The number of hydrogen-bond donors (Lipinski definition) is 1. The maximum absolute atomic E-state index is 11.3. The maximum atomic E-state index is 11.3. The van der Waals surface area contributed by atoms with Crippen LogP contribution in [0.15, 0.2) is 5.11 Å². The van der Waals surface area contributed by atoms with Gasteiger partial charge in [0.25, 0.3) is 0 Å². The smallest absolute Gasteiger partial charge is 0.150 e. The fourth-order valence-corrected chi connectivity index (χ4v) is 3.02. The molecule has 1 rings (SSSR count). The molecule has 1 aliphatic carbocycles. The van der Waals surface area contributed by atoms with E-state index in [1.165, 1.54) is 6.26 Å². The van der Waals surface area contributed by atoms with Crippen LogP contribution in [0.4, 0.5) is 0 Å². The Labute approximate surface area is 89.4 Å². The van der Waals surface area contributed by atoms with Crippen molar-refractivity contribution < 1.29 is 8.42 Å². The highest BCUT2D eigenvalue weighted by atomic mass is 32.2. The first-order valence-electron chi connectivity index (χ1n) is 4.86. The van der Waals surface area contributed by atoms with Crippen LogP contribution in [0.1, 0.15) is 25.7 Å². The summed E-state index contributed by atoms with van der Waals surface area (Å²) >= 11 is 0. The minimum atomic E-state index is -2.96. The molecule has 0 radical (unpaired) electrons. The van der Waals surface area contributed by atoms with Crippen molar-refractivity contribution in [3.05, 3.63) is 10.4 Å². The van der Waals surface area contributed by atoms with Crippen LogP contribution in [-0.2, 0) is 9.84 Å². The van der Waals surface area contributed by atoms with E-state index in [1.54, 1.807) is 0 Å². The van der Waals surface area contributed by atoms with Crippen molar-refractivity contribution in [1.29, 1.82) is 0 Å². The Morgan fingerprint density at radius 2 is 2.07 bits per heavy atom. The highest BCUT2D eigenvalue weighted by molar-refractivity contribution is 7.91. The van der Waals surface area contributed by atoms with Gasteiger partial charge < -0.3 is 5.73 Å². The lowest BCUT2D eigenvalue weighted by atomic mass is 9.82. The molecule has 0 atom stereocenters. The van der Waals surface area contributed by atoms with Gasteiger partial charge in [0.2, 0.25) is 0 Å². The van der Waals surface area contributed by atoms with Crippen LogP contribution in [0.25, 0.3) is 10.4 Å². The van der Waals surface area contributed by atoms with Crippen molar-refractivity contribution in [2.75, 3.05) is 12.8 Å². The largest absolute Gasteiger partial charge is 0.325 e. The molecular weight excluding hydrogens is 216 g/mol. The molecule has 86 valence electrons. The molecule has 1 saturated carbocycles. The molecule has 0 spiro atoms. The molecule has 2 N–H and O–H groups in total. The molecule has 1 aliphatic rings. The summed E-state index contributed by atoms with van der Waals surface area (Å²) < 4.78 is 22.6. The third-order valence-electron chi connectivity index (χ3n) is 2.98. The molecule has 0 aromatic rings. The highest BCUT2D eigenvalue weighted by Gasteiger charge is 2.34. The monoisotopic (exact) mass is 232 g/mol. The molecule has 0 unspecified atom stereocenters. The standard InChI is InChI=1S/C8H16N4O2S/c1-15(13,14)7-2-4-8(9,5-3-7)6-11-12-10/h7H,2-6,9H2,1H3. The summed E-state index contributed by atoms with van der Waals surface area (Å²) in [5, 5.41) is 3.18. The van der Waals surface area contributed by atoms with Crippen molar-refractivity contribution in [3.8, 4) is 0 Å². The Kier molecular flexibility index (Phi) is 3.59. The lowest BCUT2D eigenvalue weighted by Gasteiger charge is -2.35. The fraction of sp³-hybridized carbons (Fsp3) is 1.00. The van der Waals surface area contributed by atoms with Crippen molar-refractivity contribution in [2.24, 2.45) is 10.8 Å². The van der Waals surface area contributed by atoms with Crippen molar-refractivity contribution in [2.45, 2.75) is 36.5 Å². The second-order valence-electron chi connectivity index (χ2n) is 4.28. The summed E-state index contributed by atoms with van der Waals surface area (Å²) in [6.45, 7) is 0.250. The number of hydrogen-bond acceptors (Lipinski definition) is 4. The van der Waals surface area contributed by atoms with E-state index in [-0.39, 0.29) is 11.8 Å². The average molecular weight is 232 g/mol. The summed E-state index contributed by atoms with van der Waals surface area (Å²) in [6.07, 6.45) is 3.59. The Morgan fingerprint density at radius 1 is 1.53 bits per heavy atom. The normalized spacial score (nSPS) is 32.0.